The zero-order chi connectivity index (χ0) is 27.7. The number of hydrogen-bond acceptors (Lipinski definition) is 2. The third-order valence-electron chi connectivity index (χ3n) is 8.11. The van der Waals surface area contributed by atoms with E-state index in [1.165, 1.54) is 0 Å². The van der Waals surface area contributed by atoms with Crippen LogP contribution in [0.5, 0.6) is 0 Å². The lowest BCUT2D eigenvalue weighted by molar-refractivity contribution is 0.665. The Labute approximate surface area is 235 Å². The molecule has 8 aromatic rings. The highest BCUT2D eigenvalue weighted by molar-refractivity contribution is 6.12. The minimum Gasteiger partial charge on any atom is -0.454 e. The fraction of sp³-hybridized carbons (Fsp3) is 0. The molecule has 0 atom stereocenters. The van der Waals surface area contributed by atoms with Gasteiger partial charge in [0.1, 0.15) is 5.58 Å². The maximum atomic E-state index is 9.52. The first kappa shape index (κ1) is 23.1. The highest BCUT2D eigenvalue weighted by Gasteiger charge is 2.20. The van der Waals surface area contributed by atoms with Crippen LogP contribution in [-0.4, -0.2) is 9.13 Å². The highest BCUT2D eigenvalue weighted by atomic mass is 16.3. The second-order valence-corrected chi connectivity index (χ2v) is 10.2. The van der Waals surface area contributed by atoms with Gasteiger partial charge in [-0.15, -0.1) is 0 Å². The maximum absolute atomic E-state index is 9.52. The molecule has 0 aliphatic rings. The van der Waals surface area contributed by atoms with Gasteiger partial charge in [-0.25, -0.2) is 0 Å². The van der Waals surface area contributed by atoms with Crippen LogP contribution < -0.4 is 0 Å². The molecule has 0 saturated carbocycles. The summed E-state index contributed by atoms with van der Waals surface area (Å²) in [5.41, 5.74) is 9.56. The molecule has 0 N–H and O–H groups in total. The lowest BCUT2D eigenvalue weighted by Gasteiger charge is -2.10. The van der Waals surface area contributed by atoms with Crippen LogP contribution in [0.25, 0.3) is 78.2 Å². The molecule has 3 heterocycles. The van der Waals surface area contributed by atoms with Gasteiger partial charge in [-0.2, -0.15) is 5.26 Å². The molecule has 4 nitrogen and oxygen atoms in total. The predicted molar refractivity (Wildman–Crippen MR) is 170 cm³/mol. The quantitative estimate of drug-likeness (QED) is 0.230. The minimum absolute atomic E-state index is 0.653. The van der Waals surface area contributed by atoms with Gasteiger partial charge in [0, 0.05) is 38.2 Å². The molecule has 0 amide bonds. The van der Waals surface area contributed by atoms with E-state index in [1.54, 1.807) is 0 Å². The number of benzene rings is 5. The van der Waals surface area contributed by atoms with Gasteiger partial charge in [0.15, 0.2) is 5.58 Å². The molecule has 0 unspecified atom stereocenters. The average Bonchev–Trinajstić information content (AvgIpc) is 3.67. The SMILES string of the molecule is C=Cc1c(C=C)n(-c2cccc3c2oc2ccc(-n4c5ccccc5c5cc(C#N)ccc54)cc23)c2ccccc12. The van der Waals surface area contributed by atoms with E-state index in [1.807, 2.05) is 42.5 Å². The van der Waals surface area contributed by atoms with Crippen LogP contribution in [0, 0.1) is 11.3 Å². The highest BCUT2D eigenvalue weighted by Crippen LogP contribution is 2.39. The summed E-state index contributed by atoms with van der Waals surface area (Å²) < 4.78 is 11.1. The monoisotopic (exact) mass is 525 g/mol. The molecule has 0 spiro atoms. The Bertz CT molecular complexity index is 2420. The first-order valence-electron chi connectivity index (χ1n) is 13.5. The van der Waals surface area contributed by atoms with Crippen LogP contribution in [0.4, 0.5) is 0 Å². The number of hydrogen-bond donors (Lipinski definition) is 0. The number of fused-ring (bicyclic) bond motifs is 7. The summed E-state index contributed by atoms with van der Waals surface area (Å²) in [6, 6.07) is 37.5. The number of furan rings is 1. The van der Waals surface area contributed by atoms with Crippen LogP contribution >= 0.6 is 0 Å². The van der Waals surface area contributed by atoms with Crippen molar-refractivity contribution in [3.63, 3.8) is 0 Å². The van der Waals surface area contributed by atoms with Gasteiger partial charge in [0.25, 0.3) is 0 Å². The van der Waals surface area contributed by atoms with Gasteiger partial charge in [0.2, 0.25) is 0 Å². The van der Waals surface area contributed by atoms with Crippen LogP contribution in [0.1, 0.15) is 16.8 Å². The molecule has 41 heavy (non-hydrogen) atoms. The fourth-order valence-electron chi connectivity index (χ4n) is 6.37. The van der Waals surface area contributed by atoms with Gasteiger partial charge in [-0.1, -0.05) is 67.8 Å². The van der Waals surface area contributed by atoms with Crippen molar-refractivity contribution in [1.29, 1.82) is 5.26 Å². The van der Waals surface area contributed by atoms with E-state index in [2.05, 4.69) is 101 Å². The van der Waals surface area contributed by atoms with E-state index in [9.17, 15) is 5.26 Å². The molecule has 0 fully saturated rings. The predicted octanol–water partition coefficient (Wildman–Crippen LogP) is 9.78. The molecule has 4 heteroatoms. The number of para-hydroxylation sites is 3. The summed E-state index contributed by atoms with van der Waals surface area (Å²) >= 11 is 0. The molecule has 8 rings (SSSR count). The Morgan fingerprint density at radius 1 is 0.634 bits per heavy atom. The lowest BCUT2D eigenvalue weighted by Crippen LogP contribution is -1.97. The van der Waals surface area contributed by atoms with Crippen LogP contribution in [0.15, 0.2) is 121 Å². The van der Waals surface area contributed by atoms with Gasteiger partial charge in [-0.3, -0.25) is 0 Å². The van der Waals surface area contributed by atoms with E-state index in [-0.39, 0.29) is 0 Å². The van der Waals surface area contributed by atoms with Crippen molar-refractivity contribution < 1.29 is 4.42 Å². The van der Waals surface area contributed by atoms with Crippen LogP contribution in [0.2, 0.25) is 0 Å². The molecule has 3 aromatic heterocycles. The third kappa shape index (κ3) is 3.15. The summed E-state index contributed by atoms with van der Waals surface area (Å²) in [5.74, 6) is 0. The molecular formula is C37H23N3O. The van der Waals surface area contributed by atoms with Crippen molar-refractivity contribution in [2.45, 2.75) is 0 Å². The summed E-state index contributed by atoms with van der Waals surface area (Å²) in [6.45, 7) is 8.20. The van der Waals surface area contributed by atoms with Crippen molar-refractivity contribution in [3.05, 3.63) is 133 Å². The number of nitrogens with zero attached hydrogens (tertiary/aromatic N) is 3. The van der Waals surface area contributed by atoms with Crippen molar-refractivity contribution in [2.24, 2.45) is 0 Å². The van der Waals surface area contributed by atoms with Crippen molar-refractivity contribution >= 4 is 66.8 Å². The number of aromatic nitrogens is 2. The van der Waals surface area contributed by atoms with Crippen molar-refractivity contribution in [1.82, 2.24) is 9.13 Å². The lowest BCUT2D eigenvalue weighted by atomic mass is 10.1. The molecule has 0 bridgehead atoms. The zero-order valence-corrected chi connectivity index (χ0v) is 22.1. The maximum Gasteiger partial charge on any atom is 0.159 e. The van der Waals surface area contributed by atoms with Crippen LogP contribution in [0.3, 0.4) is 0 Å². The Hall–Kier alpha value is -5.79. The summed E-state index contributed by atoms with van der Waals surface area (Å²) in [7, 11) is 0. The molecule has 0 aliphatic carbocycles. The number of nitriles is 1. The first-order valence-corrected chi connectivity index (χ1v) is 13.5. The Morgan fingerprint density at radius 3 is 2.15 bits per heavy atom. The Morgan fingerprint density at radius 2 is 1.37 bits per heavy atom. The number of rotatable bonds is 4. The fourth-order valence-corrected chi connectivity index (χ4v) is 6.37. The molecule has 0 aliphatic heterocycles. The molecule has 5 aromatic carbocycles. The third-order valence-corrected chi connectivity index (χ3v) is 8.11. The van der Waals surface area contributed by atoms with Gasteiger partial charge in [0.05, 0.1) is 39.6 Å². The molecular weight excluding hydrogens is 502 g/mol. The Kier molecular flexibility index (Phi) is 4.86. The average molecular weight is 526 g/mol. The minimum atomic E-state index is 0.653. The van der Waals surface area contributed by atoms with E-state index in [4.69, 9.17) is 4.42 Å². The first-order chi connectivity index (χ1) is 20.2. The largest absolute Gasteiger partial charge is 0.454 e. The normalized spacial score (nSPS) is 11.6. The standard InChI is InChI=1S/C37H23N3O/c1-3-25-26-10-5-8-14-33(26)40(31(25)4-2)35-15-9-12-28-30-21-24(17-19-36(30)41-37(28)35)39-32-13-7-6-11-27(32)29-20-23(22-38)16-18-34(29)39/h3-21H,1-2H2. The smallest absolute Gasteiger partial charge is 0.159 e. The topological polar surface area (TPSA) is 46.8 Å². The van der Waals surface area contributed by atoms with Crippen LogP contribution in [-0.2, 0) is 0 Å². The molecule has 0 radical (unpaired) electrons. The molecule has 192 valence electrons. The zero-order valence-electron chi connectivity index (χ0n) is 22.1. The summed E-state index contributed by atoms with van der Waals surface area (Å²) in [4.78, 5) is 0. The van der Waals surface area contributed by atoms with E-state index >= 15 is 0 Å². The second kappa shape index (κ2) is 8.61. The van der Waals surface area contributed by atoms with Crippen molar-refractivity contribution in [2.75, 3.05) is 0 Å². The summed E-state index contributed by atoms with van der Waals surface area (Å²) in [6.07, 6.45) is 3.78. The van der Waals surface area contributed by atoms with Gasteiger partial charge in [-0.05, 0) is 60.7 Å². The van der Waals surface area contributed by atoms with Gasteiger partial charge < -0.3 is 13.6 Å². The second-order valence-electron chi connectivity index (χ2n) is 10.2. The van der Waals surface area contributed by atoms with E-state index in [0.29, 0.717) is 5.56 Å². The summed E-state index contributed by atoms with van der Waals surface area (Å²) in [5, 5.41) is 14.9. The van der Waals surface area contributed by atoms with Crippen molar-refractivity contribution in [3.8, 4) is 17.4 Å². The van der Waals surface area contributed by atoms with Gasteiger partial charge >= 0.3 is 0 Å². The van der Waals surface area contributed by atoms with E-state index in [0.717, 1.165) is 77.3 Å². The van der Waals surface area contributed by atoms with E-state index < -0.39 is 0 Å². The molecule has 0 saturated heterocycles. The Balaban J connectivity index is 1.41.